The predicted molar refractivity (Wildman–Crippen MR) is 65.6 cm³/mol. The van der Waals surface area contributed by atoms with Gasteiger partial charge in [0.2, 0.25) is 5.95 Å². The van der Waals surface area contributed by atoms with Gasteiger partial charge in [0.1, 0.15) is 0 Å². The normalized spacial score (nSPS) is 11.4. The molecule has 6 heteroatoms. The quantitative estimate of drug-likeness (QED) is 0.707. The maximum absolute atomic E-state index is 13.4. The van der Waals surface area contributed by atoms with Gasteiger partial charge >= 0.3 is 0 Å². The summed E-state index contributed by atoms with van der Waals surface area (Å²) < 4.78 is 13.4. The highest BCUT2D eigenvalue weighted by Crippen LogP contribution is 2.17. The number of nitrogens with zero attached hydrogens (tertiary/aromatic N) is 2. The molecule has 0 radical (unpaired) electrons. The van der Waals surface area contributed by atoms with Crippen LogP contribution < -0.4 is 10.6 Å². The summed E-state index contributed by atoms with van der Waals surface area (Å²) in [5.74, 6) is -0.0892. The Bertz CT molecular complexity index is 368. The molecule has 3 N–H and O–H groups in total. The molecule has 0 atom stereocenters. The van der Waals surface area contributed by atoms with Gasteiger partial charge in [0, 0.05) is 13.6 Å². The van der Waals surface area contributed by atoms with Crippen molar-refractivity contribution in [2.45, 2.75) is 32.3 Å². The minimum Gasteiger partial charge on any atom is -0.388 e. The van der Waals surface area contributed by atoms with E-state index in [-0.39, 0.29) is 12.4 Å². The fourth-order valence-corrected chi connectivity index (χ4v) is 1.36. The first kappa shape index (κ1) is 13.6. The van der Waals surface area contributed by atoms with E-state index in [1.54, 1.807) is 7.05 Å². The van der Waals surface area contributed by atoms with E-state index >= 15 is 0 Å². The molecular formula is C11H19FN4O. The van der Waals surface area contributed by atoms with Gasteiger partial charge in [0.05, 0.1) is 11.8 Å². The molecule has 17 heavy (non-hydrogen) atoms. The number of aliphatic hydroxyl groups is 1. The average Bonchev–Trinajstić information content (AvgIpc) is 2.37. The molecule has 0 bridgehead atoms. The molecule has 0 unspecified atom stereocenters. The molecule has 0 fully saturated rings. The van der Waals surface area contributed by atoms with Crippen LogP contribution in [0.5, 0.6) is 0 Å². The fourth-order valence-electron chi connectivity index (χ4n) is 1.36. The van der Waals surface area contributed by atoms with E-state index in [2.05, 4.69) is 20.6 Å². The van der Waals surface area contributed by atoms with E-state index in [0.29, 0.717) is 18.8 Å². The summed E-state index contributed by atoms with van der Waals surface area (Å²) in [7, 11) is 1.66. The van der Waals surface area contributed by atoms with Gasteiger partial charge in [-0.15, -0.1) is 0 Å². The van der Waals surface area contributed by atoms with Crippen LogP contribution in [0.25, 0.3) is 0 Å². The molecule has 0 amide bonds. The first-order chi connectivity index (χ1) is 8.04. The third kappa shape index (κ3) is 3.52. The number of halogens is 1. The fraction of sp³-hybridized carbons (Fsp3) is 0.636. The second kappa shape index (κ2) is 5.77. The van der Waals surface area contributed by atoms with Crippen molar-refractivity contribution in [1.82, 2.24) is 9.97 Å². The van der Waals surface area contributed by atoms with E-state index in [9.17, 15) is 9.50 Å². The van der Waals surface area contributed by atoms with Crippen molar-refractivity contribution in [3.63, 3.8) is 0 Å². The summed E-state index contributed by atoms with van der Waals surface area (Å²) in [6, 6.07) is 0. The Morgan fingerprint density at radius 1 is 1.41 bits per heavy atom. The zero-order valence-corrected chi connectivity index (χ0v) is 10.4. The zero-order chi connectivity index (χ0) is 12.9. The number of aromatic nitrogens is 2. The minimum absolute atomic E-state index is 0.102. The Morgan fingerprint density at radius 3 is 2.59 bits per heavy atom. The second-order valence-electron chi connectivity index (χ2n) is 3.93. The Labute approximate surface area is 100 Å². The van der Waals surface area contributed by atoms with Crippen molar-refractivity contribution < 1.29 is 9.50 Å². The molecule has 0 aliphatic heterocycles. The third-order valence-corrected chi connectivity index (χ3v) is 2.87. The van der Waals surface area contributed by atoms with E-state index < -0.39 is 11.4 Å². The van der Waals surface area contributed by atoms with Crippen LogP contribution in [0.15, 0.2) is 6.20 Å². The smallest absolute Gasteiger partial charge is 0.224 e. The first-order valence-corrected chi connectivity index (χ1v) is 5.71. The number of nitrogens with one attached hydrogen (secondary N) is 2. The summed E-state index contributed by atoms with van der Waals surface area (Å²) >= 11 is 0. The van der Waals surface area contributed by atoms with Gasteiger partial charge in [-0.2, -0.15) is 4.98 Å². The van der Waals surface area contributed by atoms with Crippen LogP contribution in [0.1, 0.15) is 26.7 Å². The molecule has 1 rings (SSSR count). The third-order valence-electron chi connectivity index (χ3n) is 2.87. The monoisotopic (exact) mass is 242 g/mol. The lowest BCUT2D eigenvalue weighted by Gasteiger charge is -2.25. The topological polar surface area (TPSA) is 70.1 Å². The lowest BCUT2D eigenvalue weighted by molar-refractivity contribution is 0.0455. The Kier molecular flexibility index (Phi) is 4.62. The van der Waals surface area contributed by atoms with E-state index in [4.69, 9.17) is 0 Å². The molecular weight excluding hydrogens is 223 g/mol. The predicted octanol–water partition coefficient (Wildman–Crippen LogP) is 1.62. The summed E-state index contributed by atoms with van der Waals surface area (Å²) in [5.41, 5.74) is -0.836. The van der Waals surface area contributed by atoms with Crippen LogP contribution in [-0.2, 0) is 0 Å². The maximum atomic E-state index is 13.4. The van der Waals surface area contributed by atoms with Crippen LogP contribution in [0, 0.1) is 5.82 Å². The van der Waals surface area contributed by atoms with Crippen molar-refractivity contribution in [2.75, 3.05) is 24.2 Å². The number of anilines is 2. The van der Waals surface area contributed by atoms with E-state index in [0.717, 1.165) is 6.20 Å². The lowest BCUT2D eigenvalue weighted by Crippen LogP contribution is -2.35. The van der Waals surface area contributed by atoms with Crippen molar-refractivity contribution in [3.8, 4) is 0 Å². The van der Waals surface area contributed by atoms with Gasteiger partial charge in [-0.05, 0) is 12.8 Å². The van der Waals surface area contributed by atoms with E-state index in [1.165, 1.54) is 0 Å². The molecule has 1 heterocycles. The Hall–Kier alpha value is -1.43. The molecule has 1 aromatic heterocycles. The van der Waals surface area contributed by atoms with Gasteiger partial charge < -0.3 is 15.7 Å². The van der Waals surface area contributed by atoms with Gasteiger partial charge in [-0.25, -0.2) is 9.37 Å². The molecule has 0 saturated carbocycles. The van der Waals surface area contributed by atoms with Gasteiger partial charge in [-0.1, -0.05) is 13.8 Å². The van der Waals surface area contributed by atoms with Crippen molar-refractivity contribution in [1.29, 1.82) is 0 Å². The van der Waals surface area contributed by atoms with Crippen LogP contribution in [0.2, 0.25) is 0 Å². The summed E-state index contributed by atoms with van der Waals surface area (Å²) in [6.07, 6.45) is 2.29. The molecule has 0 aliphatic carbocycles. The highest BCUT2D eigenvalue weighted by atomic mass is 19.1. The SMILES string of the molecule is CCC(O)(CC)CNc1nc(NC)ncc1F. The molecule has 0 saturated heterocycles. The van der Waals surface area contributed by atoms with Gasteiger partial charge in [0.15, 0.2) is 11.6 Å². The van der Waals surface area contributed by atoms with E-state index in [1.807, 2.05) is 13.8 Å². The standard InChI is InChI=1S/C11H19FN4O/c1-4-11(17,5-2)7-15-9-8(12)6-14-10(13-3)16-9/h6,17H,4-5,7H2,1-3H3,(H2,13,14,15,16). The lowest BCUT2D eigenvalue weighted by atomic mass is 9.98. The number of hydrogen-bond acceptors (Lipinski definition) is 5. The molecule has 0 aromatic carbocycles. The highest BCUT2D eigenvalue weighted by molar-refractivity contribution is 5.41. The van der Waals surface area contributed by atoms with Crippen molar-refractivity contribution >= 4 is 11.8 Å². The molecule has 0 aliphatic rings. The Morgan fingerprint density at radius 2 is 2.06 bits per heavy atom. The zero-order valence-electron chi connectivity index (χ0n) is 10.4. The van der Waals surface area contributed by atoms with Gasteiger partial charge in [0.25, 0.3) is 0 Å². The summed E-state index contributed by atoms with van der Waals surface area (Å²) in [5, 5.41) is 15.6. The van der Waals surface area contributed by atoms with Crippen LogP contribution in [-0.4, -0.2) is 34.3 Å². The van der Waals surface area contributed by atoms with Crippen molar-refractivity contribution in [3.05, 3.63) is 12.0 Å². The Balaban J connectivity index is 2.74. The molecule has 5 nitrogen and oxygen atoms in total. The maximum Gasteiger partial charge on any atom is 0.224 e. The number of rotatable bonds is 6. The van der Waals surface area contributed by atoms with Crippen LogP contribution in [0.3, 0.4) is 0 Å². The largest absolute Gasteiger partial charge is 0.388 e. The molecule has 1 aromatic rings. The number of hydrogen-bond donors (Lipinski definition) is 3. The second-order valence-corrected chi connectivity index (χ2v) is 3.93. The minimum atomic E-state index is -0.836. The molecule has 96 valence electrons. The van der Waals surface area contributed by atoms with Crippen LogP contribution >= 0.6 is 0 Å². The highest BCUT2D eigenvalue weighted by Gasteiger charge is 2.22. The average molecular weight is 242 g/mol. The molecule has 0 spiro atoms. The van der Waals surface area contributed by atoms with Crippen LogP contribution in [0.4, 0.5) is 16.2 Å². The first-order valence-electron chi connectivity index (χ1n) is 5.71. The van der Waals surface area contributed by atoms with Crippen molar-refractivity contribution in [2.24, 2.45) is 0 Å². The summed E-state index contributed by atoms with van der Waals surface area (Å²) in [6.45, 7) is 4.04. The van der Waals surface area contributed by atoms with Gasteiger partial charge in [-0.3, -0.25) is 0 Å². The summed E-state index contributed by atoms with van der Waals surface area (Å²) in [4.78, 5) is 7.69.